The second kappa shape index (κ2) is 7.26. The van der Waals surface area contributed by atoms with Gasteiger partial charge < -0.3 is 4.74 Å². The van der Waals surface area contributed by atoms with Gasteiger partial charge >= 0.3 is 5.97 Å². The second-order valence-corrected chi connectivity index (χ2v) is 6.48. The lowest BCUT2D eigenvalue weighted by Gasteiger charge is -2.20. The van der Waals surface area contributed by atoms with E-state index in [4.69, 9.17) is 27.9 Å². The Hall–Kier alpha value is -0.820. The Morgan fingerprint density at radius 2 is 1.80 bits per heavy atom. The summed E-state index contributed by atoms with van der Waals surface area (Å²) in [5.41, 5.74) is 0. The average Bonchev–Trinajstić information content (AvgIpc) is 2.35. The van der Waals surface area contributed by atoms with Gasteiger partial charge in [-0.1, -0.05) is 36.2 Å². The Bertz CT molecular complexity index is 569. The van der Waals surface area contributed by atoms with E-state index in [-0.39, 0.29) is 34.6 Å². The number of carbonyl (C=O) groups is 1. The van der Waals surface area contributed by atoms with Crippen LogP contribution in [0.15, 0.2) is 23.1 Å². The summed E-state index contributed by atoms with van der Waals surface area (Å²) in [6.07, 6.45) is 0. The summed E-state index contributed by atoms with van der Waals surface area (Å²) in [7, 11) is -3.96. The zero-order chi connectivity index (χ0) is 15.3. The molecule has 0 bridgehead atoms. The van der Waals surface area contributed by atoms with Crippen LogP contribution >= 0.6 is 23.2 Å². The third-order valence-electron chi connectivity index (χ3n) is 2.48. The van der Waals surface area contributed by atoms with Crippen molar-refractivity contribution in [2.24, 2.45) is 0 Å². The molecule has 1 aromatic carbocycles. The molecule has 0 aliphatic carbocycles. The van der Waals surface area contributed by atoms with Crippen molar-refractivity contribution in [3.05, 3.63) is 28.2 Å². The van der Waals surface area contributed by atoms with Gasteiger partial charge in [-0.2, -0.15) is 4.31 Å². The SMILES string of the molecule is CCOC(=O)CN(CC)S(=O)(=O)c1c(Cl)cccc1Cl. The first-order chi connectivity index (χ1) is 9.34. The number of sulfonamides is 1. The van der Waals surface area contributed by atoms with E-state index in [2.05, 4.69) is 0 Å². The number of hydrogen-bond donors (Lipinski definition) is 0. The minimum absolute atomic E-state index is 0.0137. The van der Waals surface area contributed by atoms with Crippen LogP contribution in [0.25, 0.3) is 0 Å². The van der Waals surface area contributed by atoms with E-state index < -0.39 is 16.0 Å². The molecule has 1 aromatic rings. The molecule has 5 nitrogen and oxygen atoms in total. The Kier molecular flexibility index (Phi) is 6.26. The fourth-order valence-electron chi connectivity index (χ4n) is 1.58. The van der Waals surface area contributed by atoms with Crippen molar-refractivity contribution in [1.82, 2.24) is 4.31 Å². The maximum Gasteiger partial charge on any atom is 0.321 e. The fraction of sp³-hybridized carbons (Fsp3) is 0.417. The van der Waals surface area contributed by atoms with E-state index in [1.807, 2.05) is 0 Å². The summed E-state index contributed by atoms with van der Waals surface area (Å²) >= 11 is 11.8. The maximum absolute atomic E-state index is 12.5. The van der Waals surface area contributed by atoms with Gasteiger partial charge in [-0.25, -0.2) is 8.42 Å². The number of likely N-dealkylation sites (N-methyl/N-ethyl adjacent to an activating group) is 1. The van der Waals surface area contributed by atoms with Gasteiger partial charge in [-0.05, 0) is 19.1 Å². The molecule has 0 heterocycles. The molecule has 0 radical (unpaired) electrons. The van der Waals surface area contributed by atoms with Gasteiger partial charge in [0.2, 0.25) is 10.0 Å². The number of halogens is 2. The molecule has 0 aromatic heterocycles. The van der Waals surface area contributed by atoms with Crippen molar-refractivity contribution < 1.29 is 17.9 Å². The van der Waals surface area contributed by atoms with E-state index in [0.717, 1.165) is 4.31 Å². The molecule has 0 spiro atoms. The second-order valence-electron chi connectivity index (χ2n) is 3.79. The van der Waals surface area contributed by atoms with E-state index in [0.29, 0.717) is 0 Å². The highest BCUT2D eigenvalue weighted by Gasteiger charge is 2.29. The van der Waals surface area contributed by atoms with Gasteiger partial charge in [-0.15, -0.1) is 0 Å². The normalized spacial score (nSPS) is 11.7. The number of hydrogen-bond acceptors (Lipinski definition) is 4. The first kappa shape index (κ1) is 17.2. The Morgan fingerprint density at radius 1 is 1.25 bits per heavy atom. The first-order valence-corrected chi connectivity index (χ1v) is 8.14. The zero-order valence-electron chi connectivity index (χ0n) is 11.1. The summed E-state index contributed by atoms with van der Waals surface area (Å²) in [5.74, 6) is -0.624. The zero-order valence-corrected chi connectivity index (χ0v) is 13.4. The van der Waals surface area contributed by atoms with Crippen molar-refractivity contribution in [3.8, 4) is 0 Å². The van der Waals surface area contributed by atoms with Gasteiger partial charge in [0.1, 0.15) is 11.4 Å². The molecule has 0 aliphatic rings. The molecule has 0 N–H and O–H groups in total. The average molecular weight is 340 g/mol. The van der Waals surface area contributed by atoms with Crippen molar-refractivity contribution in [2.45, 2.75) is 18.7 Å². The molecule has 0 unspecified atom stereocenters. The van der Waals surface area contributed by atoms with Crippen molar-refractivity contribution >= 4 is 39.2 Å². The Morgan fingerprint density at radius 3 is 2.25 bits per heavy atom. The van der Waals surface area contributed by atoms with Crippen molar-refractivity contribution in [3.63, 3.8) is 0 Å². The van der Waals surface area contributed by atoms with E-state index >= 15 is 0 Å². The number of nitrogens with zero attached hydrogens (tertiary/aromatic N) is 1. The predicted octanol–water partition coefficient (Wildman–Crippen LogP) is 2.57. The first-order valence-electron chi connectivity index (χ1n) is 5.94. The highest BCUT2D eigenvalue weighted by molar-refractivity contribution is 7.89. The number of ether oxygens (including phenoxy) is 1. The molecular formula is C12H15Cl2NO4S. The lowest BCUT2D eigenvalue weighted by Crippen LogP contribution is -2.36. The molecule has 112 valence electrons. The van der Waals surface area contributed by atoms with Crippen LogP contribution in [0.2, 0.25) is 10.0 Å². The molecular weight excluding hydrogens is 325 g/mol. The topological polar surface area (TPSA) is 63.7 Å². The van der Waals surface area contributed by atoms with Gasteiger partial charge in [0, 0.05) is 6.54 Å². The van der Waals surface area contributed by atoms with Crippen LogP contribution in [0.1, 0.15) is 13.8 Å². The lowest BCUT2D eigenvalue weighted by atomic mass is 10.4. The van der Waals surface area contributed by atoms with Crippen LogP contribution in [-0.2, 0) is 19.6 Å². The molecule has 1 rings (SSSR count). The summed E-state index contributed by atoms with van der Waals surface area (Å²) < 4.78 is 30.7. The van der Waals surface area contributed by atoms with Crippen LogP contribution < -0.4 is 0 Å². The molecule has 0 saturated heterocycles. The van der Waals surface area contributed by atoms with E-state index in [1.165, 1.54) is 12.1 Å². The van der Waals surface area contributed by atoms with Crippen LogP contribution in [-0.4, -0.2) is 38.4 Å². The highest BCUT2D eigenvalue weighted by atomic mass is 35.5. The molecule has 20 heavy (non-hydrogen) atoms. The molecule has 0 fully saturated rings. The number of carbonyl (C=O) groups excluding carboxylic acids is 1. The summed E-state index contributed by atoms with van der Waals surface area (Å²) in [6, 6.07) is 4.41. The molecule has 0 amide bonds. The Labute approximate surface area is 128 Å². The molecule has 0 atom stereocenters. The minimum Gasteiger partial charge on any atom is -0.465 e. The number of rotatable bonds is 6. The monoisotopic (exact) mass is 339 g/mol. The quantitative estimate of drug-likeness (QED) is 0.747. The van der Waals surface area contributed by atoms with E-state index in [9.17, 15) is 13.2 Å². The van der Waals surface area contributed by atoms with Gasteiger partial charge in [-0.3, -0.25) is 4.79 Å². The van der Waals surface area contributed by atoms with Crippen LogP contribution in [0.3, 0.4) is 0 Å². The standard InChI is InChI=1S/C12H15Cl2NO4S/c1-3-15(8-11(16)19-4-2)20(17,18)12-9(13)6-5-7-10(12)14/h5-7H,3-4,8H2,1-2H3. The Balaban J connectivity index is 3.16. The van der Waals surface area contributed by atoms with Crippen LogP contribution in [0, 0.1) is 0 Å². The highest BCUT2D eigenvalue weighted by Crippen LogP contribution is 2.31. The van der Waals surface area contributed by atoms with Gasteiger partial charge in [0.15, 0.2) is 0 Å². The fourth-order valence-corrected chi connectivity index (χ4v) is 4.06. The lowest BCUT2D eigenvalue weighted by molar-refractivity contribution is -0.143. The largest absolute Gasteiger partial charge is 0.465 e. The third kappa shape index (κ3) is 3.85. The van der Waals surface area contributed by atoms with Gasteiger partial charge in [0.25, 0.3) is 0 Å². The summed E-state index contributed by atoms with van der Waals surface area (Å²) in [5, 5.41) is 0.0274. The molecule has 0 aliphatic heterocycles. The molecule has 0 saturated carbocycles. The summed E-state index contributed by atoms with van der Waals surface area (Å²) in [6.45, 7) is 3.16. The number of benzene rings is 1. The maximum atomic E-state index is 12.5. The van der Waals surface area contributed by atoms with Crippen LogP contribution in [0.5, 0.6) is 0 Å². The predicted molar refractivity (Wildman–Crippen MR) is 77.5 cm³/mol. The van der Waals surface area contributed by atoms with Crippen LogP contribution in [0.4, 0.5) is 0 Å². The van der Waals surface area contributed by atoms with E-state index in [1.54, 1.807) is 19.9 Å². The number of esters is 1. The minimum atomic E-state index is -3.96. The smallest absolute Gasteiger partial charge is 0.321 e. The van der Waals surface area contributed by atoms with Crippen molar-refractivity contribution in [1.29, 1.82) is 0 Å². The third-order valence-corrected chi connectivity index (χ3v) is 5.36. The van der Waals surface area contributed by atoms with Gasteiger partial charge in [0.05, 0.1) is 16.7 Å². The summed E-state index contributed by atoms with van der Waals surface area (Å²) in [4.78, 5) is 11.3. The van der Waals surface area contributed by atoms with Crippen molar-refractivity contribution in [2.75, 3.05) is 19.7 Å². The molecule has 8 heteroatoms.